The summed E-state index contributed by atoms with van der Waals surface area (Å²) in [6, 6.07) is 61.7. The molecule has 0 radical (unpaired) electrons. The van der Waals surface area contributed by atoms with Gasteiger partial charge in [-0.15, -0.1) is 0 Å². The van der Waals surface area contributed by atoms with Gasteiger partial charge in [-0.2, -0.15) is 0 Å². The first kappa shape index (κ1) is 35.2. The van der Waals surface area contributed by atoms with Gasteiger partial charge in [-0.1, -0.05) is 178 Å². The summed E-state index contributed by atoms with van der Waals surface area (Å²) >= 11 is 0. The number of fused-ring (bicyclic) bond motifs is 6. The van der Waals surface area contributed by atoms with E-state index in [1.54, 1.807) is 0 Å². The van der Waals surface area contributed by atoms with E-state index >= 15 is 0 Å². The fourth-order valence-electron chi connectivity index (χ4n) is 10.6. The van der Waals surface area contributed by atoms with Crippen LogP contribution in [0.25, 0.3) is 5.57 Å². The van der Waals surface area contributed by atoms with E-state index in [4.69, 9.17) is 5.73 Å². The molecule has 6 aromatic rings. The Morgan fingerprint density at radius 2 is 1.32 bits per heavy atom. The minimum Gasteiger partial charge on any atom is -0.333 e. The Labute approximate surface area is 337 Å². The van der Waals surface area contributed by atoms with Gasteiger partial charge in [0.1, 0.15) is 0 Å². The van der Waals surface area contributed by atoms with E-state index < -0.39 is 5.41 Å². The molecule has 0 fully saturated rings. The highest BCUT2D eigenvalue weighted by molar-refractivity contribution is 5.91. The number of nitrogens with one attached hydrogen (secondary N) is 1. The van der Waals surface area contributed by atoms with Gasteiger partial charge in [-0.3, -0.25) is 0 Å². The molecule has 280 valence electrons. The summed E-state index contributed by atoms with van der Waals surface area (Å²) in [6.45, 7) is 5.56. The normalized spacial score (nSPS) is 21.8. The number of hydrazine groups is 1. The minimum atomic E-state index is -0.464. The Bertz CT molecular complexity index is 2500. The Balaban J connectivity index is 1.13. The number of rotatable bonds is 9. The molecule has 1 aliphatic heterocycles. The van der Waals surface area contributed by atoms with Crippen LogP contribution in [0.4, 0.5) is 11.4 Å². The molecule has 4 aliphatic rings. The highest BCUT2D eigenvalue weighted by Crippen LogP contribution is 2.70. The smallest absolute Gasteiger partial charge is 0.0985 e. The van der Waals surface area contributed by atoms with E-state index in [1.807, 2.05) is 18.2 Å². The van der Waals surface area contributed by atoms with Crippen LogP contribution in [0.5, 0.6) is 0 Å². The molecule has 0 aromatic heterocycles. The van der Waals surface area contributed by atoms with Crippen molar-refractivity contribution in [1.29, 1.82) is 0 Å². The van der Waals surface area contributed by atoms with Gasteiger partial charge < -0.3 is 15.6 Å². The van der Waals surface area contributed by atoms with Gasteiger partial charge in [-0.05, 0) is 92.8 Å². The summed E-state index contributed by atoms with van der Waals surface area (Å²) in [6.07, 6.45) is 10.4. The van der Waals surface area contributed by atoms with Gasteiger partial charge in [0.2, 0.25) is 0 Å². The van der Waals surface area contributed by atoms with Crippen molar-refractivity contribution >= 4 is 16.9 Å². The van der Waals surface area contributed by atoms with Gasteiger partial charge in [0.05, 0.1) is 29.9 Å². The van der Waals surface area contributed by atoms with Gasteiger partial charge in [-0.25, -0.2) is 5.43 Å². The molecule has 57 heavy (non-hydrogen) atoms. The molecule has 0 bridgehead atoms. The average Bonchev–Trinajstić information content (AvgIpc) is 3.72. The second-order valence-corrected chi connectivity index (χ2v) is 16.2. The van der Waals surface area contributed by atoms with Crippen molar-refractivity contribution in [2.45, 2.75) is 44.4 Å². The standard InChI is InChI=1S/C53H48N4/c1-37-27-34-49-46(35-37)44-32-33-47-45-25-15-16-26-48(45)53(40-21-11-5-12-22-40,41-23-13-6-14-24-41)52(47,2)50(44)57(49)43-30-28-42(29-31-43)56(36-38-17-7-3-8-18-38)55-51(54)39-19-9-4-10-20-39/h3-34,37,50-51,55H,35-36,54H2,1-2H3. The Morgan fingerprint density at radius 3 is 1.98 bits per heavy atom. The molecule has 0 saturated heterocycles. The second kappa shape index (κ2) is 14.1. The molecule has 4 heteroatoms. The fraction of sp³-hybridized carbons (Fsp3) is 0.170. The van der Waals surface area contributed by atoms with E-state index in [1.165, 1.54) is 55.9 Å². The molecule has 3 N–H and O–H groups in total. The van der Waals surface area contributed by atoms with Crippen LogP contribution >= 0.6 is 0 Å². The Hall–Kier alpha value is -6.20. The molecule has 4 atom stereocenters. The number of nitrogens with zero attached hydrogens (tertiary/aromatic N) is 2. The molecular weight excluding hydrogens is 693 g/mol. The Kier molecular flexibility index (Phi) is 8.70. The summed E-state index contributed by atoms with van der Waals surface area (Å²) in [5, 5.41) is 2.19. The van der Waals surface area contributed by atoms with Crippen LogP contribution in [0.15, 0.2) is 211 Å². The number of hydrogen-bond donors (Lipinski definition) is 2. The zero-order valence-corrected chi connectivity index (χ0v) is 32.6. The maximum absolute atomic E-state index is 6.81. The van der Waals surface area contributed by atoms with Crippen molar-refractivity contribution in [3.05, 3.63) is 244 Å². The first-order chi connectivity index (χ1) is 28.0. The highest BCUT2D eigenvalue weighted by atomic mass is 15.5. The summed E-state index contributed by atoms with van der Waals surface area (Å²) < 4.78 is 0. The average molecular weight is 741 g/mol. The SMILES string of the molecule is CC1C=CC2=C(C1)C1=CC=C3c4ccccc4C(c4ccccc4)(c4ccccc4)C3(C)C1N2c1ccc(N(Cc2ccccc2)NC(N)c2ccccc2)cc1. The molecule has 0 amide bonds. The van der Waals surface area contributed by atoms with Crippen LogP contribution in [-0.4, -0.2) is 6.04 Å². The first-order valence-corrected chi connectivity index (χ1v) is 20.3. The molecule has 4 nitrogen and oxygen atoms in total. The Morgan fingerprint density at radius 1 is 0.719 bits per heavy atom. The van der Waals surface area contributed by atoms with Crippen LogP contribution in [-0.2, 0) is 12.0 Å². The summed E-state index contributed by atoms with van der Waals surface area (Å²) in [5.74, 6) is 0.464. The van der Waals surface area contributed by atoms with Crippen molar-refractivity contribution in [3.63, 3.8) is 0 Å². The summed E-state index contributed by atoms with van der Waals surface area (Å²) in [4.78, 5) is 2.68. The zero-order chi connectivity index (χ0) is 38.6. The first-order valence-electron chi connectivity index (χ1n) is 20.3. The van der Waals surface area contributed by atoms with Crippen molar-refractivity contribution < 1.29 is 0 Å². The molecule has 1 heterocycles. The molecule has 4 unspecified atom stereocenters. The summed E-state index contributed by atoms with van der Waals surface area (Å²) in [7, 11) is 0. The predicted octanol–water partition coefficient (Wildman–Crippen LogP) is 11.3. The van der Waals surface area contributed by atoms with Crippen LogP contribution in [0.1, 0.15) is 59.8 Å². The lowest BCUT2D eigenvalue weighted by molar-refractivity contribution is 0.279. The lowest BCUT2D eigenvalue weighted by Gasteiger charge is -2.53. The minimum absolute atomic E-state index is 0.0289. The lowest BCUT2D eigenvalue weighted by Crippen LogP contribution is -2.55. The van der Waals surface area contributed by atoms with Crippen LogP contribution in [0, 0.1) is 11.3 Å². The lowest BCUT2D eigenvalue weighted by atomic mass is 9.51. The van der Waals surface area contributed by atoms with Crippen molar-refractivity contribution in [2.24, 2.45) is 17.1 Å². The van der Waals surface area contributed by atoms with E-state index in [9.17, 15) is 0 Å². The number of anilines is 2. The fourth-order valence-corrected chi connectivity index (χ4v) is 10.6. The summed E-state index contributed by atoms with van der Waals surface area (Å²) in [5.41, 5.74) is 25.0. The molecular formula is C53H48N4. The second-order valence-electron chi connectivity index (χ2n) is 16.2. The molecule has 6 aromatic carbocycles. The number of benzene rings is 6. The van der Waals surface area contributed by atoms with Crippen molar-refractivity contribution in [2.75, 3.05) is 9.91 Å². The third kappa shape index (κ3) is 5.50. The van der Waals surface area contributed by atoms with E-state index in [0.717, 1.165) is 17.7 Å². The molecule has 10 rings (SSSR count). The molecule has 0 spiro atoms. The van der Waals surface area contributed by atoms with Gasteiger partial charge in [0.25, 0.3) is 0 Å². The molecule has 0 saturated carbocycles. The van der Waals surface area contributed by atoms with Crippen LogP contribution in [0.2, 0.25) is 0 Å². The zero-order valence-electron chi connectivity index (χ0n) is 32.6. The maximum Gasteiger partial charge on any atom is 0.0985 e. The van der Waals surface area contributed by atoms with E-state index in [2.05, 4.69) is 205 Å². The van der Waals surface area contributed by atoms with Gasteiger partial charge >= 0.3 is 0 Å². The third-order valence-electron chi connectivity index (χ3n) is 13.0. The van der Waals surface area contributed by atoms with Gasteiger partial charge in [0, 0.05) is 16.8 Å². The number of allylic oxidation sites excluding steroid dienone is 4. The number of nitrogens with two attached hydrogens (primary N) is 1. The number of hydrogen-bond acceptors (Lipinski definition) is 4. The molecule has 3 aliphatic carbocycles. The van der Waals surface area contributed by atoms with Crippen molar-refractivity contribution in [3.8, 4) is 0 Å². The monoisotopic (exact) mass is 740 g/mol. The van der Waals surface area contributed by atoms with Crippen molar-refractivity contribution in [1.82, 2.24) is 5.43 Å². The highest BCUT2D eigenvalue weighted by Gasteiger charge is 2.66. The van der Waals surface area contributed by atoms with Crippen LogP contribution in [0.3, 0.4) is 0 Å². The van der Waals surface area contributed by atoms with E-state index in [0.29, 0.717) is 12.5 Å². The predicted molar refractivity (Wildman–Crippen MR) is 235 cm³/mol. The van der Waals surface area contributed by atoms with Gasteiger partial charge in [0.15, 0.2) is 0 Å². The maximum atomic E-state index is 6.81. The third-order valence-corrected chi connectivity index (χ3v) is 13.0. The largest absolute Gasteiger partial charge is 0.333 e. The quantitative estimate of drug-likeness (QED) is 0.114. The topological polar surface area (TPSA) is 44.5 Å². The van der Waals surface area contributed by atoms with Crippen LogP contribution < -0.4 is 21.1 Å². The van der Waals surface area contributed by atoms with E-state index in [-0.39, 0.29) is 17.6 Å².